The normalized spacial score (nSPS) is 9.50. The van der Waals surface area contributed by atoms with Gasteiger partial charge in [-0.1, -0.05) is 52.0 Å². The van der Waals surface area contributed by atoms with Crippen LogP contribution >= 0.6 is 0 Å². The molecule has 0 fully saturated rings. The summed E-state index contributed by atoms with van der Waals surface area (Å²) in [6.45, 7) is 8.00. The van der Waals surface area contributed by atoms with Crippen molar-refractivity contribution in [3.63, 3.8) is 0 Å². The third-order valence-corrected chi connectivity index (χ3v) is 4.48. The van der Waals surface area contributed by atoms with Crippen LogP contribution in [0.5, 0.6) is 11.5 Å². The molecule has 0 unspecified atom stereocenters. The molecule has 0 atom stereocenters. The van der Waals surface area contributed by atoms with Crippen molar-refractivity contribution >= 4 is 33.8 Å². The number of rotatable bonds is 2. The molecule has 36 heavy (non-hydrogen) atoms. The predicted molar refractivity (Wildman–Crippen MR) is 138 cm³/mol. The van der Waals surface area contributed by atoms with Gasteiger partial charge < -0.3 is 29.7 Å². The molecule has 192 valence electrons. The monoisotopic (exact) mass is 498 g/mol. The fourth-order valence-electron chi connectivity index (χ4n) is 2.92. The van der Waals surface area contributed by atoms with Gasteiger partial charge in [-0.05, 0) is 24.3 Å². The van der Waals surface area contributed by atoms with Gasteiger partial charge in [0.25, 0.3) is 11.8 Å². The summed E-state index contributed by atoms with van der Waals surface area (Å²) < 4.78 is 9.84. The summed E-state index contributed by atoms with van der Waals surface area (Å²) in [6.07, 6.45) is 0. The molecule has 4 N–H and O–H groups in total. The maximum atomic E-state index is 11.5. The van der Waals surface area contributed by atoms with Crippen LogP contribution in [0.15, 0.2) is 67.0 Å². The van der Waals surface area contributed by atoms with Gasteiger partial charge in [0.2, 0.25) is 0 Å². The van der Waals surface area contributed by atoms with Crippen LogP contribution in [0.1, 0.15) is 48.4 Å². The zero-order valence-corrected chi connectivity index (χ0v) is 21.0. The van der Waals surface area contributed by atoms with E-state index in [1.165, 1.54) is 14.1 Å². The number of carbonyl (C=O) groups is 2. The number of carbonyl (C=O) groups excluding carboxylic acids is 2. The van der Waals surface area contributed by atoms with Crippen molar-refractivity contribution in [1.29, 1.82) is 0 Å². The first-order chi connectivity index (χ1) is 17.3. The molecular weight excluding hydrogens is 468 g/mol. The summed E-state index contributed by atoms with van der Waals surface area (Å²) in [5.41, 5.74) is -1.95. The number of nitrogens with one attached hydrogen (secondary N) is 2. The van der Waals surface area contributed by atoms with Crippen LogP contribution in [0.3, 0.4) is 0 Å². The highest BCUT2D eigenvalue weighted by atomic mass is 16.4. The van der Waals surface area contributed by atoms with Crippen molar-refractivity contribution in [2.24, 2.45) is 0 Å². The van der Waals surface area contributed by atoms with Gasteiger partial charge in [0.15, 0.2) is 11.1 Å². The molecule has 0 aliphatic rings. The van der Waals surface area contributed by atoms with Gasteiger partial charge in [-0.3, -0.25) is 9.59 Å². The molecule has 10 heteroatoms. The van der Waals surface area contributed by atoms with Crippen molar-refractivity contribution in [2.45, 2.75) is 27.7 Å². The first kappa shape index (κ1) is 29.4. The van der Waals surface area contributed by atoms with Crippen LogP contribution in [0.4, 0.5) is 0 Å². The minimum absolute atomic E-state index is 0.248. The van der Waals surface area contributed by atoms with E-state index in [1.54, 1.807) is 48.5 Å². The lowest BCUT2D eigenvalue weighted by Crippen LogP contribution is -2.24. The SMILES string of the molecule is CC.CC.CNC(=O)c1c(O)c2ccccc2oc1=O.CNC(=O)c1c(O)c2ccccc2oc1=O. The molecule has 0 saturated carbocycles. The standard InChI is InChI=1S/2C11H9NO4.2C2H6/c2*1-12-10(14)8-9(13)6-4-2-3-5-7(6)16-11(8)15;2*1-2/h2*2-5,13H,1H3,(H,12,14);2*1-2H3. The minimum Gasteiger partial charge on any atom is -0.506 e. The summed E-state index contributed by atoms with van der Waals surface area (Å²) >= 11 is 0. The van der Waals surface area contributed by atoms with Gasteiger partial charge in [0.05, 0.1) is 10.8 Å². The third kappa shape index (κ3) is 6.29. The average Bonchev–Trinajstić information content (AvgIpc) is 2.91. The Hall–Kier alpha value is -4.60. The first-order valence-corrected chi connectivity index (χ1v) is 11.2. The molecule has 4 aromatic rings. The smallest absolute Gasteiger partial charge is 0.353 e. The fraction of sp³-hybridized carbons (Fsp3) is 0.231. The molecule has 2 aromatic carbocycles. The molecule has 0 radical (unpaired) electrons. The molecule has 0 aliphatic carbocycles. The van der Waals surface area contributed by atoms with Gasteiger partial charge in [0.1, 0.15) is 22.7 Å². The zero-order chi connectivity index (χ0) is 27.4. The van der Waals surface area contributed by atoms with E-state index in [9.17, 15) is 29.4 Å². The van der Waals surface area contributed by atoms with E-state index in [0.717, 1.165) is 0 Å². The molecule has 0 bridgehead atoms. The summed E-state index contributed by atoms with van der Waals surface area (Å²) in [6, 6.07) is 12.9. The number of aromatic hydroxyl groups is 2. The van der Waals surface area contributed by atoms with E-state index in [4.69, 9.17) is 8.83 Å². The fourth-order valence-corrected chi connectivity index (χ4v) is 2.92. The molecule has 0 spiro atoms. The van der Waals surface area contributed by atoms with Crippen LogP contribution in [-0.4, -0.2) is 36.1 Å². The minimum atomic E-state index is -0.851. The van der Waals surface area contributed by atoms with E-state index in [0.29, 0.717) is 10.8 Å². The highest BCUT2D eigenvalue weighted by molar-refractivity contribution is 6.02. The van der Waals surface area contributed by atoms with E-state index in [-0.39, 0.29) is 33.8 Å². The van der Waals surface area contributed by atoms with Crippen LogP contribution in [-0.2, 0) is 0 Å². The number of hydrogen-bond acceptors (Lipinski definition) is 8. The van der Waals surface area contributed by atoms with Crippen molar-refractivity contribution in [1.82, 2.24) is 10.6 Å². The summed E-state index contributed by atoms with van der Waals surface area (Å²) in [5.74, 6) is -2.05. The maximum absolute atomic E-state index is 11.5. The lowest BCUT2D eigenvalue weighted by molar-refractivity contribution is 0.0948. The highest BCUT2D eigenvalue weighted by Crippen LogP contribution is 2.26. The van der Waals surface area contributed by atoms with Crippen molar-refractivity contribution in [3.8, 4) is 11.5 Å². The number of para-hydroxylation sites is 2. The Morgan fingerprint density at radius 1 is 0.639 bits per heavy atom. The molecule has 0 saturated heterocycles. The number of amides is 2. The average molecular weight is 499 g/mol. The van der Waals surface area contributed by atoms with Crippen molar-refractivity contribution in [2.75, 3.05) is 14.1 Å². The number of hydrogen-bond donors (Lipinski definition) is 4. The van der Waals surface area contributed by atoms with Gasteiger partial charge in [-0.15, -0.1) is 0 Å². The Balaban J connectivity index is 0.000000317. The van der Waals surface area contributed by atoms with Gasteiger partial charge in [-0.2, -0.15) is 0 Å². The predicted octanol–water partition coefficient (Wildman–Crippen LogP) is 3.77. The third-order valence-electron chi connectivity index (χ3n) is 4.48. The van der Waals surface area contributed by atoms with Crippen LogP contribution in [0.2, 0.25) is 0 Å². The first-order valence-electron chi connectivity index (χ1n) is 11.2. The topological polar surface area (TPSA) is 159 Å². The molecule has 10 nitrogen and oxygen atoms in total. The summed E-state index contributed by atoms with van der Waals surface area (Å²) in [4.78, 5) is 45.7. The Kier molecular flexibility index (Phi) is 11.4. The zero-order valence-electron chi connectivity index (χ0n) is 21.0. The lowest BCUT2D eigenvalue weighted by atomic mass is 10.1. The molecule has 4 rings (SSSR count). The second-order valence-electron chi connectivity index (χ2n) is 6.38. The Labute approximate surface area is 207 Å². The molecule has 2 heterocycles. The van der Waals surface area contributed by atoms with E-state index in [1.807, 2.05) is 27.7 Å². The molecular formula is C26H30N2O8. The second-order valence-corrected chi connectivity index (χ2v) is 6.38. The van der Waals surface area contributed by atoms with E-state index < -0.39 is 23.1 Å². The van der Waals surface area contributed by atoms with Gasteiger partial charge >= 0.3 is 11.3 Å². The molecule has 2 aromatic heterocycles. The quantitative estimate of drug-likeness (QED) is 0.304. The second kappa shape index (κ2) is 14.0. The Morgan fingerprint density at radius 2 is 0.944 bits per heavy atom. The van der Waals surface area contributed by atoms with Crippen molar-refractivity contribution < 1.29 is 28.6 Å². The maximum Gasteiger partial charge on any atom is 0.353 e. The largest absolute Gasteiger partial charge is 0.506 e. The van der Waals surface area contributed by atoms with E-state index in [2.05, 4.69) is 10.6 Å². The lowest BCUT2D eigenvalue weighted by Gasteiger charge is -2.04. The Morgan fingerprint density at radius 3 is 1.25 bits per heavy atom. The van der Waals surface area contributed by atoms with Gasteiger partial charge in [0, 0.05) is 14.1 Å². The summed E-state index contributed by atoms with van der Waals surface area (Å²) in [7, 11) is 2.74. The van der Waals surface area contributed by atoms with Crippen molar-refractivity contribution in [3.05, 3.63) is 80.5 Å². The highest BCUT2D eigenvalue weighted by Gasteiger charge is 2.20. The van der Waals surface area contributed by atoms with Crippen LogP contribution in [0, 0.1) is 0 Å². The van der Waals surface area contributed by atoms with E-state index >= 15 is 0 Å². The van der Waals surface area contributed by atoms with Crippen LogP contribution in [0.25, 0.3) is 21.9 Å². The molecule has 0 aliphatic heterocycles. The Bertz CT molecular complexity index is 1340. The van der Waals surface area contributed by atoms with Gasteiger partial charge in [-0.25, -0.2) is 9.59 Å². The van der Waals surface area contributed by atoms with Crippen LogP contribution < -0.4 is 21.9 Å². The summed E-state index contributed by atoms with van der Waals surface area (Å²) in [5, 5.41) is 24.8. The number of benzene rings is 2. The number of fused-ring (bicyclic) bond motifs is 2. The molecule has 2 amide bonds.